The Labute approximate surface area is 203 Å². The number of aliphatic hydroxyl groups excluding tert-OH is 1. The lowest BCUT2D eigenvalue weighted by Crippen LogP contribution is -2.29. The van der Waals surface area contributed by atoms with Gasteiger partial charge in [-0.15, -0.1) is 0 Å². The molecule has 1 atom stereocenters. The molecule has 2 aromatic carbocycles. The molecule has 1 aliphatic rings. The fraction of sp³-hybridized carbons (Fsp3) is 0.222. The Balaban J connectivity index is 1.73. The zero-order valence-electron chi connectivity index (χ0n) is 18.8. The van der Waals surface area contributed by atoms with E-state index in [0.717, 1.165) is 19.3 Å². The molecule has 1 fully saturated rings. The van der Waals surface area contributed by atoms with Crippen molar-refractivity contribution in [1.29, 1.82) is 0 Å². The molecular weight excluding hydrogens is 452 g/mol. The quantitative estimate of drug-likeness (QED) is 0.188. The van der Waals surface area contributed by atoms with E-state index in [2.05, 4.69) is 11.9 Å². The van der Waals surface area contributed by atoms with Crippen LogP contribution in [0.1, 0.15) is 43.5 Å². The second-order valence-corrected chi connectivity index (χ2v) is 8.42. The molecule has 2 heterocycles. The molecule has 0 aliphatic carbocycles. The van der Waals surface area contributed by atoms with Crippen LogP contribution in [-0.2, 0) is 9.59 Å². The number of pyridine rings is 1. The summed E-state index contributed by atoms with van der Waals surface area (Å²) in [5.74, 6) is -1.10. The van der Waals surface area contributed by atoms with Gasteiger partial charge in [0.15, 0.2) is 0 Å². The summed E-state index contributed by atoms with van der Waals surface area (Å²) in [7, 11) is 0. The Kier molecular flexibility index (Phi) is 7.28. The zero-order chi connectivity index (χ0) is 24.1. The molecule has 1 aliphatic heterocycles. The highest BCUT2D eigenvalue weighted by Crippen LogP contribution is 2.41. The molecule has 0 saturated carbocycles. The van der Waals surface area contributed by atoms with Gasteiger partial charge in [0.1, 0.15) is 17.6 Å². The highest BCUT2D eigenvalue weighted by Gasteiger charge is 2.47. The van der Waals surface area contributed by atoms with Crippen LogP contribution in [0.5, 0.6) is 5.75 Å². The average Bonchev–Trinajstić information content (AvgIpc) is 3.13. The zero-order valence-corrected chi connectivity index (χ0v) is 19.5. The molecule has 1 amide bonds. The first-order valence-corrected chi connectivity index (χ1v) is 11.6. The molecule has 1 aromatic heterocycles. The fourth-order valence-electron chi connectivity index (χ4n) is 3.92. The molecule has 1 saturated heterocycles. The van der Waals surface area contributed by atoms with Crippen molar-refractivity contribution >= 4 is 34.7 Å². The summed E-state index contributed by atoms with van der Waals surface area (Å²) in [5, 5.41) is 11.7. The van der Waals surface area contributed by atoms with Crippen LogP contribution in [0.25, 0.3) is 5.76 Å². The third-order valence-electron chi connectivity index (χ3n) is 5.66. The average molecular weight is 477 g/mol. The summed E-state index contributed by atoms with van der Waals surface area (Å²) in [6.07, 6.45) is 4.76. The summed E-state index contributed by atoms with van der Waals surface area (Å²) in [5.41, 5.74) is 1.34. The largest absolute Gasteiger partial charge is 0.507 e. The lowest BCUT2D eigenvalue weighted by atomic mass is 9.98. The molecule has 34 heavy (non-hydrogen) atoms. The highest BCUT2D eigenvalue weighted by molar-refractivity contribution is 6.51. The number of ether oxygens (including phenoxy) is 1. The Morgan fingerprint density at radius 1 is 1.03 bits per heavy atom. The number of halogens is 1. The molecule has 0 spiro atoms. The number of carbonyl (C=O) groups excluding carboxylic acids is 2. The summed E-state index contributed by atoms with van der Waals surface area (Å²) < 4.78 is 5.73. The normalized spacial score (nSPS) is 17.2. The van der Waals surface area contributed by atoms with Gasteiger partial charge >= 0.3 is 0 Å². The predicted molar refractivity (Wildman–Crippen MR) is 132 cm³/mol. The number of nitrogens with zero attached hydrogens (tertiary/aromatic N) is 2. The molecule has 7 heteroatoms. The minimum atomic E-state index is -0.882. The Bertz CT molecular complexity index is 1190. The van der Waals surface area contributed by atoms with E-state index in [9.17, 15) is 14.7 Å². The van der Waals surface area contributed by atoms with Crippen molar-refractivity contribution < 1.29 is 19.4 Å². The summed E-state index contributed by atoms with van der Waals surface area (Å²) in [6.45, 7) is 2.75. The number of carbonyl (C=O) groups is 2. The molecular formula is C27H25ClN2O4. The van der Waals surface area contributed by atoms with Gasteiger partial charge in [-0.2, -0.15) is 0 Å². The highest BCUT2D eigenvalue weighted by atomic mass is 35.5. The molecule has 0 bridgehead atoms. The number of Topliss-reactive ketones (excluding diaryl/α,β-unsaturated/α-hetero) is 1. The number of hydrogen-bond donors (Lipinski definition) is 1. The molecule has 174 valence electrons. The van der Waals surface area contributed by atoms with E-state index in [0.29, 0.717) is 34.3 Å². The predicted octanol–water partition coefficient (Wildman–Crippen LogP) is 5.93. The van der Waals surface area contributed by atoms with Crippen molar-refractivity contribution in [1.82, 2.24) is 4.98 Å². The van der Waals surface area contributed by atoms with Crippen molar-refractivity contribution in [3.05, 3.63) is 94.8 Å². The van der Waals surface area contributed by atoms with Crippen molar-refractivity contribution in [3.8, 4) is 5.75 Å². The second-order valence-electron chi connectivity index (χ2n) is 7.98. The number of aliphatic hydroxyl groups is 1. The van der Waals surface area contributed by atoms with Gasteiger partial charge in [-0.1, -0.05) is 37.4 Å². The number of amides is 1. The monoisotopic (exact) mass is 476 g/mol. The van der Waals surface area contributed by atoms with E-state index in [1.54, 1.807) is 72.9 Å². The molecule has 0 radical (unpaired) electrons. The van der Waals surface area contributed by atoms with Crippen LogP contribution >= 0.6 is 11.6 Å². The molecule has 3 aromatic rings. The first-order valence-electron chi connectivity index (χ1n) is 11.2. The number of rotatable bonds is 8. The van der Waals surface area contributed by atoms with Crippen LogP contribution in [0.3, 0.4) is 0 Å². The van der Waals surface area contributed by atoms with Gasteiger partial charge in [0.05, 0.1) is 17.9 Å². The number of benzene rings is 2. The van der Waals surface area contributed by atoms with Gasteiger partial charge in [-0.25, -0.2) is 0 Å². The van der Waals surface area contributed by atoms with Gasteiger partial charge in [-0.3, -0.25) is 19.5 Å². The van der Waals surface area contributed by atoms with Crippen LogP contribution in [0.2, 0.25) is 5.02 Å². The maximum Gasteiger partial charge on any atom is 0.300 e. The van der Waals surface area contributed by atoms with Gasteiger partial charge in [-0.05, 0) is 67.1 Å². The Morgan fingerprint density at radius 2 is 1.76 bits per heavy atom. The standard InChI is InChI=1S/C27H25ClN2O4/c1-2-3-6-17-34-21-14-8-18(9-15-21)25(31)23-24(22-7-4-5-16-29-22)30(27(33)26(23)32)20-12-10-19(28)11-13-20/h4-5,7-16,24,31H,2-3,6,17H2,1H3/b25-23-. The van der Waals surface area contributed by atoms with E-state index >= 15 is 0 Å². The van der Waals surface area contributed by atoms with Crippen LogP contribution in [0.15, 0.2) is 78.5 Å². The van der Waals surface area contributed by atoms with Gasteiger partial charge in [0.2, 0.25) is 0 Å². The summed E-state index contributed by atoms with van der Waals surface area (Å²) in [4.78, 5) is 32.0. The summed E-state index contributed by atoms with van der Waals surface area (Å²) >= 11 is 6.01. The van der Waals surface area contributed by atoms with Crippen LogP contribution in [-0.4, -0.2) is 28.4 Å². The third-order valence-corrected chi connectivity index (χ3v) is 5.91. The van der Waals surface area contributed by atoms with E-state index in [4.69, 9.17) is 16.3 Å². The van der Waals surface area contributed by atoms with Crippen molar-refractivity contribution in [2.75, 3.05) is 11.5 Å². The number of ketones is 1. The van der Waals surface area contributed by atoms with Crippen LogP contribution in [0, 0.1) is 0 Å². The number of aromatic nitrogens is 1. The number of unbranched alkanes of at least 4 members (excludes halogenated alkanes) is 2. The SMILES string of the molecule is CCCCCOc1ccc(/C(O)=C2/C(=O)C(=O)N(c3ccc(Cl)cc3)C2c2ccccn2)cc1. The first kappa shape index (κ1) is 23.5. The number of anilines is 1. The smallest absolute Gasteiger partial charge is 0.300 e. The van der Waals surface area contributed by atoms with Crippen LogP contribution < -0.4 is 9.64 Å². The van der Waals surface area contributed by atoms with Crippen LogP contribution in [0.4, 0.5) is 5.69 Å². The molecule has 1 N–H and O–H groups in total. The minimum absolute atomic E-state index is 0.0183. The van der Waals surface area contributed by atoms with Crippen molar-refractivity contribution in [3.63, 3.8) is 0 Å². The molecule has 6 nitrogen and oxygen atoms in total. The Morgan fingerprint density at radius 3 is 2.41 bits per heavy atom. The first-order chi connectivity index (χ1) is 16.5. The fourth-order valence-corrected chi connectivity index (χ4v) is 4.05. The third kappa shape index (κ3) is 4.82. The molecule has 1 unspecified atom stereocenters. The van der Waals surface area contributed by atoms with E-state index in [1.165, 1.54) is 4.90 Å². The van der Waals surface area contributed by atoms with Gasteiger partial charge in [0.25, 0.3) is 11.7 Å². The van der Waals surface area contributed by atoms with Crippen molar-refractivity contribution in [2.24, 2.45) is 0 Å². The van der Waals surface area contributed by atoms with Gasteiger partial charge in [0, 0.05) is 22.5 Å². The minimum Gasteiger partial charge on any atom is -0.507 e. The maximum atomic E-state index is 13.1. The molecule has 4 rings (SSSR count). The maximum absolute atomic E-state index is 13.1. The topological polar surface area (TPSA) is 79.7 Å². The van der Waals surface area contributed by atoms with E-state index < -0.39 is 17.7 Å². The lowest BCUT2D eigenvalue weighted by Gasteiger charge is -2.24. The number of hydrogen-bond acceptors (Lipinski definition) is 5. The lowest BCUT2D eigenvalue weighted by molar-refractivity contribution is -0.132. The van der Waals surface area contributed by atoms with Gasteiger partial charge < -0.3 is 9.84 Å². The van der Waals surface area contributed by atoms with E-state index in [-0.39, 0.29) is 11.3 Å². The Hall–Kier alpha value is -3.64. The second kappa shape index (κ2) is 10.5. The van der Waals surface area contributed by atoms with Crippen molar-refractivity contribution in [2.45, 2.75) is 32.2 Å². The summed E-state index contributed by atoms with van der Waals surface area (Å²) in [6, 6.07) is 17.8. The van der Waals surface area contributed by atoms with E-state index in [1.807, 2.05) is 0 Å².